The molecule has 2 rings (SSSR count). The lowest BCUT2D eigenvalue weighted by atomic mass is 9.92. The average molecular weight is 391 g/mol. The van der Waals surface area contributed by atoms with Crippen molar-refractivity contribution in [3.8, 4) is 0 Å². The first kappa shape index (κ1) is 21.9. The molecule has 1 atom stereocenters. The predicted molar refractivity (Wildman–Crippen MR) is 110 cm³/mol. The number of fused-ring (bicyclic) bond motifs is 1. The summed E-state index contributed by atoms with van der Waals surface area (Å²) in [6, 6.07) is -0.0843. The zero-order chi connectivity index (χ0) is 21.1. The first-order valence-electron chi connectivity index (χ1n) is 9.73. The van der Waals surface area contributed by atoms with Gasteiger partial charge in [-0.1, -0.05) is 20.8 Å². The third-order valence-electron chi connectivity index (χ3n) is 4.76. The number of rotatable bonds is 3. The van der Waals surface area contributed by atoms with Crippen LogP contribution in [0.3, 0.4) is 0 Å². The molecule has 0 fully saturated rings. The molecule has 0 saturated heterocycles. The van der Waals surface area contributed by atoms with Crippen LogP contribution in [0.1, 0.15) is 32.0 Å². The molecule has 0 bridgehead atoms. The molecule has 3 amide bonds. The van der Waals surface area contributed by atoms with Gasteiger partial charge in [0, 0.05) is 59.8 Å². The van der Waals surface area contributed by atoms with Gasteiger partial charge in [-0.25, -0.2) is 14.8 Å². The normalized spacial score (nSPS) is 17.2. The second-order valence-electron chi connectivity index (χ2n) is 9.07. The SMILES string of the molecule is CN(C)C(=O)N1CCc2ncnc(N(C)C)c2CC(C(=O)NCC(C)(C)C)C1. The average Bonchev–Trinajstić information content (AvgIpc) is 2.58. The number of aromatic nitrogens is 2. The Balaban J connectivity index is 2.36. The Hall–Kier alpha value is -2.38. The van der Waals surface area contributed by atoms with Crippen molar-refractivity contribution in [2.75, 3.05) is 52.7 Å². The van der Waals surface area contributed by atoms with Crippen LogP contribution in [-0.4, -0.2) is 79.5 Å². The van der Waals surface area contributed by atoms with Crippen LogP contribution < -0.4 is 10.2 Å². The first-order chi connectivity index (χ1) is 13.0. The van der Waals surface area contributed by atoms with Gasteiger partial charge >= 0.3 is 6.03 Å². The Morgan fingerprint density at radius 3 is 2.46 bits per heavy atom. The minimum atomic E-state index is -0.352. The monoisotopic (exact) mass is 390 g/mol. The fourth-order valence-electron chi connectivity index (χ4n) is 3.29. The molecule has 8 nitrogen and oxygen atoms in total. The minimum Gasteiger partial charge on any atom is -0.362 e. The fourth-order valence-corrected chi connectivity index (χ4v) is 3.29. The van der Waals surface area contributed by atoms with Gasteiger partial charge in [0.1, 0.15) is 12.1 Å². The number of nitrogens with zero attached hydrogens (tertiary/aromatic N) is 5. The Morgan fingerprint density at radius 1 is 1.21 bits per heavy atom. The number of urea groups is 1. The molecule has 2 heterocycles. The molecule has 1 aromatic heterocycles. The standard InChI is InChI=1S/C20H34N6O2/c1-20(2,3)12-21-18(27)14-10-15-16(22-13-23-17(15)24(4)5)8-9-26(11-14)19(28)25(6)7/h13-14H,8-12H2,1-7H3,(H,21,27). The van der Waals surface area contributed by atoms with Crippen molar-refractivity contribution in [3.63, 3.8) is 0 Å². The summed E-state index contributed by atoms with van der Waals surface area (Å²) in [5.41, 5.74) is 1.90. The molecule has 0 aromatic carbocycles. The lowest BCUT2D eigenvalue weighted by molar-refractivity contribution is -0.125. The number of carbonyl (C=O) groups excluding carboxylic acids is 2. The van der Waals surface area contributed by atoms with Crippen molar-refractivity contribution in [1.29, 1.82) is 0 Å². The molecule has 0 spiro atoms. The molecule has 156 valence electrons. The van der Waals surface area contributed by atoms with Crippen LogP contribution in [0.2, 0.25) is 0 Å². The second kappa shape index (κ2) is 8.75. The number of hydrogen-bond acceptors (Lipinski definition) is 5. The maximum atomic E-state index is 13.0. The van der Waals surface area contributed by atoms with E-state index in [1.807, 2.05) is 19.0 Å². The van der Waals surface area contributed by atoms with E-state index in [9.17, 15) is 9.59 Å². The zero-order valence-corrected chi connectivity index (χ0v) is 18.2. The van der Waals surface area contributed by atoms with Gasteiger partial charge in [-0.2, -0.15) is 0 Å². The van der Waals surface area contributed by atoms with Gasteiger partial charge in [-0.3, -0.25) is 4.79 Å². The summed E-state index contributed by atoms with van der Waals surface area (Å²) in [7, 11) is 7.35. The van der Waals surface area contributed by atoms with E-state index in [0.717, 1.165) is 17.1 Å². The van der Waals surface area contributed by atoms with E-state index in [1.54, 1.807) is 30.2 Å². The molecule has 0 saturated carbocycles. The maximum absolute atomic E-state index is 13.0. The van der Waals surface area contributed by atoms with Gasteiger partial charge < -0.3 is 20.0 Å². The fraction of sp³-hybridized carbons (Fsp3) is 0.700. The predicted octanol–water partition coefficient (Wildman–Crippen LogP) is 1.40. The Morgan fingerprint density at radius 2 is 1.89 bits per heavy atom. The van der Waals surface area contributed by atoms with Gasteiger partial charge in [-0.05, 0) is 11.8 Å². The van der Waals surface area contributed by atoms with E-state index in [1.165, 1.54) is 0 Å². The van der Waals surface area contributed by atoms with Crippen molar-refractivity contribution in [2.45, 2.75) is 33.6 Å². The molecule has 1 aliphatic rings. The molecule has 28 heavy (non-hydrogen) atoms. The van der Waals surface area contributed by atoms with Crippen molar-refractivity contribution in [1.82, 2.24) is 25.1 Å². The molecule has 0 aliphatic carbocycles. The van der Waals surface area contributed by atoms with E-state index in [0.29, 0.717) is 32.5 Å². The van der Waals surface area contributed by atoms with E-state index < -0.39 is 0 Å². The van der Waals surface area contributed by atoms with Gasteiger partial charge in [0.2, 0.25) is 5.91 Å². The van der Waals surface area contributed by atoms with Crippen LogP contribution >= 0.6 is 0 Å². The summed E-state index contributed by atoms with van der Waals surface area (Å²) in [5, 5.41) is 3.06. The molecule has 8 heteroatoms. The molecule has 1 unspecified atom stereocenters. The minimum absolute atomic E-state index is 0.00770. The van der Waals surface area contributed by atoms with Gasteiger partial charge in [0.05, 0.1) is 11.6 Å². The summed E-state index contributed by atoms with van der Waals surface area (Å²) in [6.45, 7) is 7.75. The van der Waals surface area contributed by atoms with Gasteiger partial charge in [0.25, 0.3) is 0 Å². The topological polar surface area (TPSA) is 81.7 Å². The number of hydrogen-bond donors (Lipinski definition) is 1. The van der Waals surface area contributed by atoms with Crippen LogP contribution in [0, 0.1) is 11.3 Å². The van der Waals surface area contributed by atoms with E-state index >= 15 is 0 Å². The van der Waals surface area contributed by atoms with Crippen LogP contribution in [0.15, 0.2) is 6.33 Å². The Bertz CT molecular complexity index is 711. The molecular formula is C20H34N6O2. The largest absolute Gasteiger partial charge is 0.362 e. The molecule has 1 N–H and O–H groups in total. The summed E-state index contributed by atoms with van der Waals surface area (Å²) >= 11 is 0. The van der Waals surface area contributed by atoms with Crippen molar-refractivity contribution < 1.29 is 9.59 Å². The highest BCUT2D eigenvalue weighted by Crippen LogP contribution is 2.25. The molecule has 1 aliphatic heterocycles. The number of nitrogens with one attached hydrogen (secondary N) is 1. The number of anilines is 1. The van der Waals surface area contributed by atoms with E-state index in [2.05, 4.69) is 36.1 Å². The third kappa shape index (κ3) is 5.56. The van der Waals surface area contributed by atoms with Crippen LogP contribution in [-0.2, 0) is 17.6 Å². The van der Waals surface area contributed by atoms with Crippen LogP contribution in [0.5, 0.6) is 0 Å². The highest BCUT2D eigenvalue weighted by molar-refractivity contribution is 5.81. The zero-order valence-electron chi connectivity index (χ0n) is 18.2. The highest BCUT2D eigenvalue weighted by Gasteiger charge is 2.31. The Labute approximate surface area is 168 Å². The lowest BCUT2D eigenvalue weighted by Crippen LogP contribution is -2.48. The second-order valence-corrected chi connectivity index (χ2v) is 9.07. The summed E-state index contributed by atoms with van der Waals surface area (Å²) in [6.07, 6.45) is 2.72. The van der Waals surface area contributed by atoms with E-state index in [-0.39, 0.29) is 23.3 Å². The quantitative estimate of drug-likeness (QED) is 0.844. The molecular weight excluding hydrogens is 356 g/mol. The third-order valence-corrected chi connectivity index (χ3v) is 4.76. The summed E-state index contributed by atoms with van der Waals surface area (Å²) in [4.78, 5) is 39.8. The number of amides is 3. The summed E-state index contributed by atoms with van der Waals surface area (Å²) < 4.78 is 0. The van der Waals surface area contributed by atoms with E-state index in [4.69, 9.17) is 0 Å². The van der Waals surface area contributed by atoms with Crippen molar-refractivity contribution in [3.05, 3.63) is 17.6 Å². The first-order valence-corrected chi connectivity index (χ1v) is 9.73. The lowest BCUT2D eigenvalue weighted by Gasteiger charge is -2.33. The highest BCUT2D eigenvalue weighted by atomic mass is 16.2. The van der Waals surface area contributed by atoms with Gasteiger partial charge in [0.15, 0.2) is 0 Å². The van der Waals surface area contributed by atoms with Gasteiger partial charge in [-0.15, -0.1) is 0 Å². The molecule has 0 radical (unpaired) electrons. The van der Waals surface area contributed by atoms with Crippen LogP contribution in [0.25, 0.3) is 0 Å². The van der Waals surface area contributed by atoms with Crippen molar-refractivity contribution in [2.24, 2.45) is 11.3 Å². The van der Waals surface area contributed by atoms with Crippen molar-refractivity contribution >= 4 is 17.8 Å². The summed E-state index contributed by atoms with van der Waals surface area (Å²) in [5.74, 6) is 0.453. The Kier molecular flexibility index (Phi) is 6.85. The van der Waals surface area contributed by atoms with Crippen LogP contribution in [0.4, 0.5) is 10.6 Å². The maximum Gasteiger partial charge on any atom is 0.319 e. The number of carbonyl (C=O) groups is 2. The molecule has 1 aromatic rings. The smallest absolute Gasteiger partial charge is 0.319 e.